The number of thiocarbonyl (C=S) groups is 1. The van der Waals surface area contributed by atoms with Gasteiger partial charge in [-0.2, -0.15) is 0 Å². The fraction of sp³-hybridized carbons (Fsp3) is 0.0667. The first kappa shape index (κ1) is 17.7. The highest BCUT2D eigenvalue weighted by molar-refractivity contribution is 7.80. The van der Waals surface area contributed by atoms with Gasteiger partial charge >= 0.3 is 0 Å². The highest BCUT2D eigenvalue weighted by Crippen LogP contribution is 2.32. The minimum atomic E-state index is -0.556. The average Bonchev–Trinajstić information content (AvgIpc) is 3.09. The molecule has 26 heavy (non-hydrogen) atoms. The molecule has 0 fully saturated rings. The van der Waals surface area contributed by atoms with E-state index in [4.69, 9.17) is 33.3 Å². The van der Waals surface area contributed by atoms with E-state index >= 15 is 0 Å². The maximum atomic E-state index is 12.1. The summed E-state index contributed by atoms with van der Waals surface area (Å²) in [6.07, 6.45) is 0. The van der Waals surface area contributed by atoms with E-state index < -0.39 is 10.8 Å². The Labute approximate surface area is 157 Å². The number of hydrogen-bond donors (Lipinski definition) is 3. The van der Waals surface area contributed by atoms with Gasteiger partial charge in [-0.1, -0.05) is 11.6 Å². The number of nitrogens with one attached hydrogen (secondary N) is 3. The van der Waals surface area contributed by atoms with Gasteiger partial charge in [0.2, 0.25) is 6.79 Å². The summed E-state index contributed by atoms with van der Waals surface area (Å²) in [7, 11) is 0. The molecule has 1 aliphatic heterocycles. The van der Waals surface area contributed by atoms with Crippen molar-refractivity contribution in [3.8, 4) is 11.5 Å². The summed E-state index contributed by atoms with van der Waals surface area (Å²) in [5.74, 6) is 0.575. The number of ether oxygens (including phenoxy) is 2. The molecule has 2 aromatic carbocycles. The number of fused-ring (bicyclic) bond motifs is 1. The Bertz CT molecular complexity index is 908. The van der Waals surface area contributed by atoms with E-state index in [1.54, 1.807) is 12.1 Å². The van der Waals surface area contributed by atoms with Crippen molar-refractivity contribution in [1.29, 1.82) is 0 Å². The third-order valence-corrected chi connectivity index (χ3v) is 3.87. The van der Waals surface area contributed by atoms with Gasteiger partial charge in [-0.25, -0.2) is 0 Å². The van der Waals surface area contributed by atoms with Gasteiger partial charge in [0, 0.05) is 17.7 Å². The normalized spacial score (nSPS) is 11.6. The summed E-state index contributed by atoms with van der Waals surface area (Å²) < 4.78 is 10.4. The van der Waals surface area contributed by atoms with Crippen molar-refractivity contribution >= 4 is 46.2 Å². The van der Waals surface area contributed by atoms with E-state index in [-0.39, 0.29) is 28.3 Å². The average molecular weight is 395 g/mol. The van der Waals surface area contributed by atoms with Crippen LogP contribution in [0, 0.1) is 10.1 Å². The van der Waals surface area contributed by atoms with Crippen LogP contribution in [0.3, 0.4) is 0 Å². The molecule has 0 unspecified atom stereocenters. The number of rotatable bonds is 3. The van der Waals surface area contributed by atoms with Gasteiger partial charge in [0.15, 0.2) is 16.6 Å². The fourth-order valence-corrected chi connectivity index (χ4v) is 2.43. The Morgan fingerprint density at radius 3 is 2.69 bits per heavy atom. The first-order valence-corrected chi connectivity index (χ1v) is 7.93. The predicted molar refractivity (Wildman–Crippen MR) is 97.5 cm³/mol. The van der Waals surface area contributed by atoms with E-state index in [9.17, 15) is 14.9 Å². The van der Waals surface area contributed by atoms with E-state index in [1.165, 1.54) is 24.3 Å². The van der Waals surface area contributed by atoms with E-state index in [0.29, 0.717) is 17.1 Å². The highest BCUT2D eigenvalue weighted by Gasteiger charge is 2.16. The predicted octanol–water partition coefficient (Wildman–Crippen LogP) is 2.61. The summed E-state index contributed by atoms with van der Waals surface area (Å²) in [5.41, 5.74) is 5.31. The molecule has 0 aliphatic carbocycles. The van der Waals surface area contributed by atoms with Crippen molar-refractivity contribution in [2.24, 2.45) is 0 Å². The summed E-state index contributed by atoms with van der Waals surface area (Å²) in [5, 5.41) is 13.7. The van der Waals surface area contributed by atoms with E-state index in [2.05, 4.69) is 16.2 Å². The molecule has 3 N–H and O–H groups in total. The Hall–Kier alpha value is -3.11. The monoisotopic (exact) mass is 394 g/mol. The molecule has 0 atom stereocenters. The van der Waals surface area contributed by atoms with Crippen LogP contribution < -0.4 is 25.6 Å². The lowest BCUT2D eigenvalue weighted by Crippen LogP contribution is -2.43. The number of nitrogens with zero attached hydrogens (tertiary/aromatic N) is 1. The standard InChI is InChI=1S/C15H11ClN4O5S/c16-10-3-2-9(20(22)23)6-11(10)17-15(26)19-18-14(21)8-1-4-12-13(5-8)25-7-24-12/h1-6H,7H2,(H,18,21)(H2,17,19,26). The number of hydrazine groups is 1. The SMILES string of the molecule is O=C(NNC(=S)Nc1cc([N+](=O)[O-])ccc1Cl)c1ccc2c(c1)OCO2. The van der Waals surface area contributed by atoms with Crippen molar-refractivity contribution in [1.82, 2.24) is 10.9 Å². The van der Waals surface area contributed by atoms with Crippen LogP contribution in [0.15, 0.2) is 36.4 Å². The van der Waals surface area contributed by atoms with Crippen LogP contribution >= 0.6 is 23.8 Å². The Morgan fingerprint density at radius 1 is 1.15 bits per heavy atom. The number of anilines is 1. The molecule has 0 bridgehead atoms. The van der Waals surface area contributed by atoms with Gasteiger partial charge in [0.25, 0.3) is 11.6 Å². The molecule has 0 radical (unpaired) electrons. The number of non-ortho nitro benzene ring substituents is 1. The molecule has 0 aromatic heterocycles. The summed E-state index contributed by atoms with van der Waals surface area (Å²) in [6, 6.07) is 8.60. The highest BCUT2D eigenvalue weighted by atomic mass is 35.5. The molecule has 2 aromatic rings. The topological polar surface area (TPSA) is 115 Å². The number of carbonyl (C=O) groups excluding carboxylic acids is 1. The second-order valence-corrected chi connectivity index (χ2v) is 5.84. The largest absolute Gasteiger partial charge is 0.454 e. The van der Waals surface area contributed by atoms with Gasteiger partial charge in [0.1, 0.15) is 0 Å². The summed E-state index contributed by atoms with van der Waals surface area (Å²) >= 11 is 11.0. The number of amides is 1. The Morgan fingerprint density at radius 2 is 1.92 bits per heavy atom. The number of nitro groups is 1. The third-order valence-electron chi connectivity index (χ3n) is 3.33. The molecule has 0 saturated carbocycles. The summed E-state index contributed by atoms with van der Waals surface area (Å²) in [6.45, 7) is 0.108. The van der Waals surface area contributed by atoms with Crippen LogP contribution in [-0.4, -0.2) is 22.7 Å². The van der Waals surface area contributed by atoms with Crippen LogP contribution in [0.4, 0.5) is 11.4 Å². The zero-order chi connectivity index (χ0) is 18.7. The van der Waals surface area contributed by atoms with Crippen molar-refractivity contribution in [2.45, 2.75) is 0 Å². The lowest BCUT2D eigenvalue weighted by atomic mass is 10.2. The molecule has 1 aliphatic rings. The van der Waals surface area contributed by atoms with Gasteiger partial charge < -0.3 is 14.8 Å². The molecular weight excluding hydrogens is 384 g/mol. The molecule has 0 spiro atoms. The van der Waals surface area contributed by atoms with Crippen molar-refractivity contribution < 1.29 is 19.2 Å². The Kier molecular flexibility index (Phi) is 5.05. The van der Waals surface area contributed by atoms with Gasteiger partial charge in [0.05, 0.1) is 15.6 Å². The second-order valence-electron chi connectivity index (χ2n) is 5.02. The minimum absolute atomic E-state index is 0.00138. The first-order chi connectivity index (χ1) is 12.4. The van der Waals surface area contributed by atoms with Gasteiger partial charge in [-0.3, -0.25) is 25.8 Å². The summed E-state index contributed by atoms with van der Waals surface area (Å²) in [4.78, 5) is 22.4. The smallest absolute Gasteiger partial charge is 0.271 e. The molecule has 0 saturated heterocycles. The minimum Gasteiger partial charge on any atom is -0.454 e. The Balaban J connectivity index is 1.60. The number of carbonyl (C=O) groups is 1. The lowest BCUT2D eigenvalue weighted by Gasteiger charge is -2.12. The zero-order valence-electron chi connectivity index (χ0n) is 12.9. The van der Waals surface area contributed by atoms with Crippen LogP contribution in [0.1, 0.15) is 10.4 Å². The number of hydrogen-bond acceptors (Lipinski definition) is 6. The molecular formula is C15H11ClN4O5S. The van der Waals surface area contributed by atoms with Crippen LogP contribution in [0.5, 0.6) is 11.5 Å². The lowest BCUT2D eigenvalue weighted by molar-refractivity contribution is -0.384. The van der Waals surface area contributed by atoms with E-state index in [1.807, 2.05) is 0 Å². The van der Waals surface area contributed by atoms with Gasteiger partial charge in [-0.15, -0.1) is 0 Å². The molecule has 134 valence electrons. The number of nitro benzene ring substituents is 1. The van der Waals surface area contributed by atoms with E-state index in [0.717, 1.165) is 0 Å². The van der Waals surface area contributed by atoms with Crippen LogP contribution in [0.2, 0.25) is 5.02 Å². The van der Waals surface area contributed by atoms with Crippen molar-refractivity contribution in [3.63, 3.8) is 0 Å². The molecule has 1 heterocycles. The zero-order valence-corrected chi connectivity index (χ0v) is 14.5. The van der Waals surface area contributed by atoms with Crippen molar-refractivity contribution in [3.05, 3.63) is 57.1 Å². The van der Waals surface area contributed by atoms with Crippen LogP contribution in [-0.2, 0) is 0 Å². The maximum absolute atomic E-state index is 12.1. The quantitative estimate of drug-likeness (QED) is 0.413. The number of benzene rings is 2. The third kappa shape index (κ3) is 3.92. The van der Waals surface area contributed by atoms with Gasteiger partial charge in [-0.05, 0) is 36.5 Å². The molecule has 11 heteroatoms. The van der Waals surface area contributed by atoms with Crippen molar-refractivity contribution in [2.75, 3.05) is 12.1 Å². The number of halogens is 1. The maximum Gasteiger partial charge on any atom is 0.271 e. The van der Waals surface area contributed by atoms with Crippen LogP contribution in [0.25, 0.3) is 0 Å². The fourth-order valence-electron chi connectivity index (χ4n) is 2.10. The molecule has 3 rings (SSSR count). The molecule has 1 amide bonds. The molecule has 9 nitrogen and oxygen atoms in total. The first-order valence-electron chi connectivity index (χ1n) is 7.15. The second kappa shape index (κ2) is 7.42.